The summed E-state index contributed by atoms with van der Waals surface area (Å²) in [6.07, 6.45) is 0. The van der Waals surface area contributed by atoms with E-state index in [0.29, 0.717) is 28.3 Å². The van der Waals surface area contributed by atoms with Gasteiger partial charge in [0.15, 0.2) is 0 Å². The highest BCUT2D eigenvalue weighted by molar-refractivity contribution is 6.31. The standard InChI is InChI=1S/C11H12ClN3O.ClH/c1-2-13-6-10-14-9-5-7(12)3-4-8(9)11(16)15-10;/h3-5,13H,2,6H2,1H3,(H,14,15,16);1H/p-1. The smallest absolute Gasteiger partial charge is 0.258 e. The molecule has 2 aromatic rings. The van der Waals surface area contributed by atoms with Crippen molar-refractivity contribution in [2.24, 2.45) is 0 Å². The third-order valence-electron chi connectivity index (χ3n) is 2.26. The second kappa shape index (κ2) is 6.00. The second-order valence-electron chi connectivity index (χ2n) is 3.45. The SMILES string of the molecule is CCNCc1nc2cc(Cl)ccc2c(=O)[nH]1.[Cl-]. The van der Waals surface area contributed by atoms with Crippen molar-refractivity contribution in [2.45, 2.75) is 13.5 Å². The van der Waals surface area contributed by atoms with Crippen LogP contribution in [0.15, 0.2) is 23.0 Å². The number of benzene rings is 1. The fourth-order valence-corrected chi connectivity index (χ4v) is 1.65. The van der Waals surface area contributed by atoms with Crippen molar-refractivity contribution in [1.29, 1.82) is 0 Å². The van der Waals surface area contributed by atoms with Crippen LogP contribution in [0.2, 0.25) is 5.02 Å². The summed E-state index contributed by atoms with van der Waals surface area (Å²) in [5, 5.41) is 4.25. The quantitative estimate of drug-likeness (QED) is 0.730. The van der Waals surface area contributed by atoms with Crippen molar-refractivity contribution in [3.63, 3.8) is 0 Å². The Morgan fingerprint density at radius 1 is 1.47 bits per heavy atom. The average Bonchev–Trinajstić information content (AvgIpc) is 2.25. The number of hydrogen-bond donors (Lipinski definition) is 2. The van der Waals surface area contributed by atoms with Gasteiger partial charge in [0.1, 0.15) is 5.82 Å². The number of rotatable bonds is 3. The maximum atomic E-state index is 11.7. The molecule has 1 aromatic heterocycles. The molecule has 0 bridgehead atoms. The first-order chi connectivity index (χ1) is 7.70. The highest BCUT2D eigenvalue weighted by atomic mass is 35.5. The maximum Gasteiger partial charge on any atom is 0.258 e. The van der Waals surface area contributed by atoms with Crippen LogP contribution in [0.3, 0.4) is 0 Å². The monoisotopic (exact) mass is 272 g/mol. The van der Waals surface area contributed by atoms with Gasteiger partial charge in [-0.05, 0) is 24.7 Å². The van der Waals surface area contributed by atoms with Crippen molar-refractivity contribution in [1.82, 2.24) is 15.3 Å². The van der Waals surface area contributed by atoms with Crippen LogP contribution in [-0.2, 0) is 6.54 Å². The molecule has 6 heteroatoms. The molecular formula is C11H12Cl2N3O-. The molecule has 92 valence electrons. The molecule has 0 unspecified atom stereocenters. The largest absolute Gasteiger partial charge is 1.00 e. The van der Waals surface area contributed by atoms with Gasteiger partial charge < -0.3 is 22.7 Å². The summed E-state index contributed by atoms with van der Waals surface area (Å²) in [5.41, 5.74) is 0.499. The van der Waals surface area contributed by atoms with Gasteiger partial charge in [-0.1, -0.05) is 18.5 Å². The van der Waals surface area contributed by atoms with E-state index in [1.807, 2.05) is 6.92 Å². The molecule has 17 heavy (non-hydrogen) atoms. The second-order valence-corrected chi connectivity index (χ2v) is 3.89. The van der Waals surface area contributed by atoms with Crippen LogP contribution >= 0.6 is 11.6 Å². The summed E-state index contributed by atoms with van der Waals surface area (Å²) in [6.45, 7) is 3.38. The minimum atomic E-state index is -0.130. The zero-order chi connectivity index (χ0) is 11.5. The number of hydrogen-bond acceptors (Lipinski definition) is 3. The van der Waals surface area contributed by atoms with Gasteiger partial charge in [0.2, 0.25) is 0 Å². The molecule has 0 spiro atoms. The Bertz CT molecular complexity index is 568. The van der Waals surface area contributed by atoms with Gasteiger partial charge in [-0.2, -0.15) is 0 Å². The first-order valence-corrected chi connectivity index (χ1v) is 5.47. The predicted molar refractivity (Wildman–Crippen MR) is 64.8 cm³/mol. The van der Waals surface area contributed by atoms with E-state index in [1.165, 1.54) is 0 Å². The Balaban J connectivity index is 0.00000144. The Morgan fingerprint density at radius 2 is 2.24 bits per heavy atom. The number of H-pyrrole nitrogens is 1. The third kappa shape index (κ3) is 3.19. The summed E-state index contributed by atoms with van der Waals surface area (Å²) in [4.78, 5) is 18.8. The zero-order valence-electron chi connectivity index (χ0n) is 9.26. The highest BCUT2D eigenvalue weighted by Crippen LogP contribution is 2.14. The van der Waals surface area contributed by atoms with Crippen LogP contribution in [0.4, 0.5) is 0 Å². The van der Waals surface area contributed by atoms with Crippen LogP contribution in [0.5, 0.6) is 0 Å². The van der Waals surface area contributed by atoms with Gasteiger partial charge >= 0.3 is 0 Å². The number of nitrogens with zero attached hydrogens (tertiary/aromatic N) is 1. The van der Waals surface area contributed by atoms with E-state index < -0.39 is 0 Å². The van der Waals surface area contributed by atoms with E-state index in [9.17, 15) is 4.79 Å². The van der Waals surface area contributed by atoms with Gasteiger partial charge in [-0.15, -0.1) is 0 Å². The van der Waals surface area contributed by atoms with Gasteiger partial charge in [0, 0.05) is 5.02 Å². The van der Waals surface area contributed by atoms with Crippen LogP contribution in [0, 0.1) is 0 Å². The molecule has 4 nitrogen and oxygen atoms in total. The number of nitrogens with one attached hydrogen (secondary N) is 2. The number of fused-ring (bicyclic) bond motifs is 1. The fourth-order valence-electron chi connectivity index (χ4n) is 1.49. The Kier molecular flexibility index (Phi) is 4.93. The molecule has 0 radical (unpaired) electrons. The van der Waals surface area contributed by atoms with Gasteiger partial charge in [-0.25, -0.2) is 4.98 Å². The molecule has 2 N–H and O–H groups in total. The maximum absolute atomic E-state index is 11.7. The Labute approximate surface area is 110 Å². The molecule has 0 aliphatic rings. The van der Waals surface area contributed by atoms with E-state index in [4.69, 9.17) is 11.6 Å². The summed E-state index contributed by atoms with van der Waals surface area (Å²) >= 11 is 5.86. The van der Waals surface area contributed by atoms with Crippen molar-refractivity contribution in [3.8, 4) is 0 Å². The lowest BCUT2D eigenvalue weighted by Crippen LogP contribution is -3.00. The molecule has 1 aromatic carbocycles. The normalized spacial score (nSPS) is 10.2. The number of aromatic nitrogens is 2. The lowest BCUT2D eigenvalue weighted by molar-refractivity contribution is -0.00000346. The molecule has 0 amide bonds. The van der Waals surface area contributed by atoms with Crippen LogP contribution in [0.1, 0.15) is 12.7 Å². The fraction of sp³-hybridized carbons (Fsp3) is 0.273. The molecule has 0 atom stereocenters. The summed E-state index contributed by atoms with van der Waals surface area (Å²) < 4.78 is 0. The van der Waals surface area contributed by atoms with Gasteiger partial charge in [0.25, 0.3) is 5.56 Å². The lowest BCUT2D eigenvalue weighted by Gasteiger charge is -2.03. The van der Waals surface area contributed by atoms with Crippen LogP contribution in [0.25, 0.3) is 10.9 Å². The Morgan fingerprint density at radius 3 is 2.94 bits per heavy atom. The zero-order valence-corrected chi connectivity index (χ0v) is 10.8. The topological polar surface area (TPSA) is 57.8 Å². The molecular weight excluding hydrogens is 261 g/mol. The van der Waals surface area contributed by atoms with E-state index in [-0.39, 0.29) is 18.0 Å². The molecule has 2 rings (SSSR count). The van der Waals surface area contributed by atoms with Crippen molar-refractivity contribution in [2.75, 3.05) is 6.54 Å². The van der Waals surface area contributed by atoms with E-state index in [2.05, 4.69) is 15.3 Å². The lowest BCUT2D eigenvalue weighted by atomic mass is 10.2. The minimum Gasteiger partial charge on any atom is -1.00 e. The first kappa shape index (κ1) is 14.0. The van der Waals surface area contributed by atoms with E-state index >= 15 is 0 Å². The molecule has 0 saturated carbocycles. The summed E-state index contributed by atoms with van der Waals surface area (Å²) in [6, 6.07) is 5.06. The molecule has 1 heterocycles. The summed E-state index contributed by atoms with van der Waals surface area (Å²) in [5.74, 6) is 0.626. The highest BCUT2D eigenvalue weighted by Gasteiger charge is 2.03. The van der Waals surface area contributed by atoms with Crippen molar-refractivity contribution >= 4 is 22.5 Å². The van der Waals surface area contributed by atoms with Crippen molar-refractivity contribution in [3.05, 3.63) is 39.4 Å². The Hall–Kier alpha value is -1.10. The van der Waals surface area contributed by atoms with E-state index in [0.717, 1.165) is 6.54 Å². The molecule has 0 fully saturated rings. The van der Waals surface area contributed by atoms with E-state index in [1.54, 1.807) is 18.2 Å². The van der Waals surface area contributed by atoms with Crippen LogP contribution in [-0.4, -0.2) is 16.5 Å². The summed E-state index contributed by atoms with van der Waals surface area (Å²) in [7, 11) is 0. The van der Waals surface area contributed by atoms with Crippen LogP contribution < -0.4 is 23.3 Å². The molecule has 0 saturated heterocycles. The average molecular weight is 273 g/mol. The first-order valence-electron chi connectivity index (χ1n) is 5.10. The number of halogens is 2. The van der Waals surface area contributed by atoms with Gasteiger partial charge in [-0.3, -0.25) is 4.79 Å². The predicted octanol–water partition coefficient (Wildman–Crippen LogP) is -1.31. The van der Waals surface area contributed by atoms with Gasteiger partial charge in [0.05, 0.1) is 17.4 Å². The minimum absolute atomic E-state index is 0. The third-order valence-corrected chi connectivity index (χ3v) is 2.50. The van der Waals surface area contributed by atoms with Crippen molar-refractivity contribution < 1.29 is 12.4 Å². The number of aromatic amines is 1. The molecule has 0 aliphatic heterocycles. The molecule has 0 aliphatic carbocycles.